The van der Waals surface area contributed by atoms with E-state index in [0.717, 1.165) is 4.90 Å². The predicted octanol–water partition coefficient (Wildman–Crippen LogP) is 4.38. The van der Waals surface area contributed by atoms with Crippen molar-refractivity contribution in [3.05, 3.63) is 11.8 Å². The van der Waals surface area contributed by atoms with Crippen LogP contribution < -0.4 is 5.32 Å². The molecule has 0 unspecified atom stereocenters. The fourth-order valence-electron chi connectivity index (χ4n) is 2.87. The van der Waals surface area contributed by atoms with Gasteiger partial charge in [0.2, 0.25) is 5.91 Å². The maximum Gasteiger partial charge on any atom is 0.257 e. The third kappa shape index (κ3) is 7.35. The second-order valence-electron chi connectivity index (χ2n) is 7.01. The fourth-order valence-corrected chi connectivity index (χ4v) is 3.35. The summed E-state index contributed by atoms with van der Waals surface area (Å²) in [4.78, 5) is 38.2. The van der Waals surface area contributed by atoms with Crippen molar-refractivity contribution in [1.29, 1.82) is 0 Å². The van der Waals surface area contributed by atoms with E-state index < -0.39 is 38.4 Å². The molecule has 0 radical (unpaired) electrons. The molecule has 0 aromatic heterocycles. The molecule has 0 aromatic carbocycles. The lowest BCUT2D eigenvalue weighted by Gasteiger charge is -2.32. The lowest BCUT2D eigenvalue weighted by molar-refractivity contribution is -0.146. The average Bonchev–Trinajstić information content (AvgIpc) is 2.94. The average molecular weight is 511 g/mol. The van der Waals surface area contributed by atoms with E-state index >= 15 is 0 Å². The van der Waals surface area contributed by atoms with Crippen molar-refractivity contribution in [1.82, 2.24) is 10.2 Å². The molecule has 0 saturated heterocycles. The van der Waals surface area contributed by atoms with Crippen LogP contribution in [0.25, 0.3) is 0 Å². The maximum atomic E-state index is 13.3. The number of amides is 3. The van der Waals surface area contributed by atoms with Gasteiger partial charge in [0.05, 0.1) is 13.2 Å². The molecule has 0 aliphatic carbocycles. The number of nitrogens with one attached hydrogen (secondary N) is 1. The second kappa shape index (κ2) is 11.3. The molecule has 6 nitrogen and oxygen atoms in total. The van der Waals surface area contributed by atoms with E-state index in [-0.39, 0.29) is 24.7 Å². The van der Waals surface area contributed by atoms with Crippen LogP contribution in [0.5, 0.6) is 0 Å². The molecular formula is C18H25Cl5N2O4. The SMILES string of the molecule is CCC(=O)N[C@@H](C[C@H](C)C(Cl)(Cl)Cl)C(=O)N1C(=O)C=C(OC)[C@@H]1C[C@H](C)C(Cl)Cl. The summed E-state index contributed by atoms with van der Waals surface area (Å²) < 4.78 is 3.64. The van der Waals surface area contributed by atoms with Crippen LogP contribution in [0, 0.1) is 11.8 Å². The summed E-state index contributed by atoms with van der Waals surface area (Å²) in [6, 6.07) is -1.75. The summed E-state index contributed by atoms with van der Waals surface area (Å²) in [7, 11) is 1.41. The summed E-state index contributed by atoms with van der Waals surface area (Å²) in [5.41, 5.74) is 0. The van der Waals surface area contributed by atoms with Crippen LogP contribution in [0.3, 0.4) is 0 Å². The summed E-state index contributed by atoms with van der Waals surface area (Å²) in [6.45, 7) is 5.08. The number of rotatable bonds is 9. The van der Waals surface area contributed by atoms with Gasteiger partial charge >= 0.3 is 0 Å². The molecule has 166 valence electrons. The number of methoxy groups -OCH3 is 1. The van der Waals surface area contributed by atoms with E-state index in [0.29, 0.717) is 12.2 Å². The maximum absolute atomic E-state index is 13.3. The molecule has 29 heavy (non-hydrogen) atoms. The number of hydrogen-bond acceptors (Lipinski definition) is 4. The number of imide groups is 1. The molecule has 11 heteroatoms. The largest absolute Gasteiger partial charge is 0.499 e. The van der Waals surface area contributed by atoms with Crippen molar-refractivity contribution in [2.24, 2.45) is 11.8 Å². The van der Waals surface area contributed by atoms with Gasteiger partial charge in [-0.25, -0.2) is 0 Å². The summed E-state index contributed by atoms with van der Waals surface area (Å²) in [5.74, 6) is -2.01. The van der Waals surface area contributed by atoms with E-state index in [1.54, 1.807) is 20.8 Å². The number of ether oxygens (including phenoxy) is 1. The normalized spacial score (nSPS) is 20.3. The Balaban J connectivity index is 3.18. The van der Waals surface area contributed by atoms with Gasteiger partial charge in [-0.3, -0.25) is 19.3 Å². The number of nitrogens with zero attached hydrogens (tertiary/aromatic N) is 1. The Labute approximate surface area is 196 Å². The molecule has 0 aromatic rings. The first-order valence-electron chi connectivity index (χ1n) is 9.10. The molecule has 1 N–H and O–H groups in total. The van der Waals surface area contributed by atoms with Crippen molar-refractivity contribution in [2.75, 3.05) is 7.11 Å². The Morgan fingerprint density at radius 1 is 1.28 bits per heavy atom. The second-order valence-corrected chi connectivity index (χ2v) is 10.5. The van der Waals surface area contributed by atoms with Gasteiger partial charge in [0, 0.05) is 18.4 Å². The van der Waals surface area contributed by atoms with Crippen molar-refractivity contribution in [3.8, 4) is 0 Å². The smallest absolute Gasteiger partial charge is 0.257 e. The van der Waals surface area contributed by atoms with Crippen molar-refractivity contribution in [3.63, 3.8) is 0 Å². The Kier molecular flexibility index (Phi) is 10.4. The highest BCUT2D eigenvalue weighted by atomic mass is 35.6. The minimum atomic E-state index is -1.64. The molecule has 1 rings (SSSR count). The van der Waals surface area contributed by atoms with Crippen LogP contribution in [0.2, 0.25) is 0 Å². The molecule has 4 atom stereocenters. The predicted molar refractivity (Wildman–Crippen MR) is 116 cm³/mol. The molecule has 3 amide bonds. The zero-order chi connectivity index (χ0) is 22.5. The number of halogens is 5. The topological polar surface area (TPSA) is 75.7 Å². The monoisotopic (exact) mass is 508 g/mol. The lowest BCUT2D eigenvalue weighted by atomic mass is 9.98. The van der Waals surface area contributed by atoms with Gasteiger partial charge in [0.1, 0.15) is 16.6 Å². The van der Waals surface area contributed by atoms with Gasteiger partial charge in [0.25, 0.3) is 11.8 Å². The Bertz CT molecular complexity index is 651. The van der Waals surface area contributed by atoms with Gasteiger partial charge < -0.3 is 10.1 Å². The zero-order valence-electron chi connectivity index (χ0n) is 16.6. The summed E-state index contributed by atoms with van der Waals surface area (Å²) in [6.07, 6.45) is 1.72. The first kappa shape index (κ1) is 26.6. The first-order chi connectivity index (χ1) is 13.3. The fraction of sp³-hybridized carbons (Fsp3) is 0.722. The van der Waals surface area contributed by atoms with Crippen molar-refractivity contribution in [2.45, 2.75) is 60.7 Å². The molecule has 1 aliphatic rings. The number of alkyl halides is 5. The zero-order valence-corrected chi connectivity index (χ0v) is 20.3. The van der Waals surface area contributed by atoms with Gasteiger partial charge in [-0.15, -0.1) is 23.2 Å². The van der Waals surface area contributed by atoms with E-state index in [1.165, 1.54) is 13.2 Å². The minimum Gasteiger partial charge on any atom is -0.499 e. The van der Waals surface area contributed by atoms with Gasteiger partial charge in [-0.1, -0.05) is 55.6 Å². The van der Waals surface area contributed by atoms with E-state index in [2.05, 4.69) is 5.32 Å². The molecule has 0 spiro atoms. The Morgan fingerprint density at radius 2 is 1.86 bits per heavy atom. The van der Waals surface area contributed by atoms with Crippen LogP contribution in [0.4, 0.5) is 0 Å². The summed E-state index contributed by atoms with van der Waals surface area (Å²) in [5, 5.41) is 2.62. The van der Waals surface area contributed by atoms with Crippen LogP contribution in [-0.4, -0.2) is 50.4 Å². The third-order valence-electron chi connectivity index (χ3n) is 4.74. The van der Waals surface area contributed by atoms with Crippen molar-refractivity contribution >= 4 is 75.7 Å². The summed E-state index contributed by atoms with van der Waals surface area (Å²) >= 11 is 29.7. The van der Waals surface area contributed by atoms with Crippen LogP contribution in [0.15, 0.2) is 11.8 Å². The van der Waals surface area contributed by atoms with Crippen molar-refractivity contribution < 1.29 is 19.1 Å². The number of carbonyl (C=O) groups excluding carboxylic acids is 3. The van der Waals surface area contributed by atoms with Gasteiger partial charge in [-0.05, 0) is 18.8 Å². The Morgan fingerprint density at radius 3 is 2.31 bits per heavy atom. The van der Waals surface area contributed by atoms with Crippen LogP contribution >= 0.6 is 58.0 Å². The van der Waals surface area contributed by atoms with Crippen LogP contribution in [0.1, 0.15) is 40.0 Å². The highest BCUT2D eigenvalue weighted by Gasteiger charge is 2.43. The molecule has 0 fully saturated rings. The van der Waals surface area contributed by atoms with E-state index in [1.807, 2.05) is 0 Å². The number of carbonyl (C=O) groups is 3. The Hall–Kier alpha value is -0.400. The van der Waals surface area contributed by atoms with E-state index in [9.17, 15) is 14.4 Å². The standard InChI is InChI=1S/C18H25Cl5N2O4/c1-5-14(26)24-11(7-10(3)18(21,22)23)17(28)25-12(6-9(2)16(19)20)13(29-4)8-15(25)27/h8-12,16H,5-7H2,1-4H3,(H,24,26)/t9-,10-,11-,12-/m0/s1. The lowest BCUT2D eigenvalue weighted by Crippen LogP contribution is -2.53. The quantitative estimate of drug-likeness (QED) is 0.467. The highest BCUT2D eigenvalue weighted by Crippen LogP contribution is 2.38. The molecule has 1 aliphatic heterocycles. The van der Waals surface area contributed by atoms with Gasteiger partial charge in [-0.2, -0.15) is 0 Å². The van der Waals surface area contributed by atoms with E-state index in [4.69, 9.17) is 62.7 Å². The molecular weight excluding hydrogens is 485 g/mol. The molecule has 0 saturated carbocycles. The molecule has 1 heterocycles. The van der Waals surface area contributed by atoms with Crippen LogP contribution in [-0.2, 0) is 19.1 Å². The number of hydrogen-bond donors (Lipinski definition) is 1. The molecule has 0 bridgehead atoms. The van der Waals surface area contributed by atoms with Gasteiger partial charge in [0.15, 0.2) is 3.79 Å². The first-order valence-corrected chi connectivity index (χ1v) is 11.1. The third-order valence-corrected chi connectivity index (χ3v) is 6.72. The highest BCUT2D eigenvalue weighted by molar-refractivity contribution is 6.67. The minimum absolute atomic E-state index is 0.0308.